The second-order valence-corrected chi connectivity index (χ2v) is 12.0. The molecular weight excluding hydrogens is 541 g/mol. The molecule has 2 fully saturated rings. The maximum atomic E-state index is 14.9. The van der Waals surface area contributed by atoms with E-state index in [1.54, 1.807) is 18.3 Å². The third-order valence-corrected chi connectivity index (χ3v) is 9.52. The maximum Gasteiger partial charge on any atom is 0.245 e. The van der Waals surface area contributed by atoms with Gasteiger partial charge in [-0.15, -0.1) is 0 Å². The molecule has 40 heavy (non-hydrogen) atoms. The minimum Gasteiger partial charge on any atom is -0.302 e. The van der Waals surface area contributed by atoms with Gasteiger partial charge < -0.3 is 4.90 Å². The fraction of sp³-hybridized carbons (Fsp3) is 0.345. The molecule has 7 nitrogen and oxygen atoms in total. The molecule has 1 aliphatic carbocycles. The summed E-state index contributed by atoms with van der Waals surface area (Å²) in [5.41, 5.74) is 0.822. The van der Waals surface area contributed by atoms with Gasteiger partial charge in [-0.1, -0.05) is 37.5 Å². The Labute approximate surface area is 230 Å². The largest absolute Gasteiger partial charge is 0.302 e. The zero-order valence-electron chi connectivity index (χ0n) is 21.6. The van der Waals surface area contributed by atoms with Crippen molar-refractivity contribution in [2.24, 2.45) is 0 Å². The van der Waals surface area contributed by atoms with Crippen molar-refractivity contribution < 1.29 is 26.4 Å². The van der Waals surface area contributed by atoms with Crippen LogP contribution in [0.15, 0.2) is 59.6 Å². The number of sulfonamides is 1. The summed E-state index contributed by atoms with van der Waals surface area (Å²) in [5, 5.41) is 9.07. The smallest absolute Gasteiger partial charge is 0.245 e. The molecule has 1 aromatic heterocycles. The molecule has 11 heteroatoms. The summed E-state index contributed by atoms with van der Waals surface area (Å²) in [7, 11) is -4.47. The van der Waals surface area contributed by atoms with Gasteiger partial charge in [0.15, 0.2) is 11.6 Å². The number of aromatic nitrogens is 1. The highest BCUT2D eigenvalue weighted by Gasteiger charge is 2.45. The first-order valence-corrected chi connectivity index (χ1v) is 14.6. The first-order valence-electron chi connectivity index (χ1n) is 13.1. The van der Waals surface area contributed by atoms with Gasteiger partial charge in [-0.25, -0.2) is 21.6 Å². The van der Waals surface area contributed by atoms with Crippen LogP contribution in [0.4, 0.5) is 18.9 Å². The van der Waals surface area contributed by atoms with Gasteiger partial charge in [-0.2, -0.15) is 9.57 Å². The standard InChI is InChI=1S/C29H27F3N4O3S/c30-24-8-4-5-9-26(24)35(18-22-11-10-20(17-34-22)19-6-2-1-3-7-19)29(37)27-12-13-36(27)40(38,39)23-14-21(16-33)28(32)25(31)15-23/h4-5,8-11,14-15,17,19,27H,1-3,6-7,12-13,18H2/t27-/m1/s1. The second-order valence-electron chi connectivity index (χ2n) is 10.1. The van der Waals surface area contributed by atoms with Crippen molar-refractivity contribution in [2.45, 2.75) is 61.9 Å². The Kier molecular flexibility index (Phi) is 7.92. The molecule has 0 unspecified atom stereocenters. The molecule has 0 bridgehead atoms. The molecule has 1 aliphatic heterocycles. The third kappa shape index (κ3) is 5.33. The van der Waals surface area contributed by atoms with Gasteiger partial charge in [0.1, 0.15) is 17.9 Å². The minimum absolute atomic E-state index is 0.0329. The van der Waals surface area contributed by atoms with E-state index in [4.69, 9.17) is 5.26 Å². The van der Waals surface area contributed by atoms with Crippen LogP contribution in [0, 0.1) is 28.8 Å². The van der Waals surface area contributed by atoms with Gasteiger partial charge in [0.25, 0.3) is 0 Å². The number of hydrogen-bond donors (Lipinski definition) is 0. The SMILES string of the molecule is N#Cc1cc(S(=O)(=O)N2CC[C@@H]2C(=O)N(Cc2ccc(C3CCCCC3)cn2)c2ccccc2F)cc(F)c1F. The summed E-state index contributed by atoms with van der Waals surface area (Å²) in [5.74, 6) is -3.85. The summed E-state index contributed by atoms with van der Waals surface area (Å²) in [6.45, 7) is -0.155. The molecule has 208 valence electrons. The van der Waals surface area contributed by atoms with Crippen molar-refractivity contribution in [3.63, 3.8) is 0 Å². The van der Waals surface area contributed by atoms with E-state index in [1.807, 2.05) is 6.07 Å². The molecule has 1 saturated carbocycles. The number of nitrogens with zero attached hydrogens (tertiary/aromatic N) is 4. The Morgan fingerprint density at radius 3 is 2.40 bits per heavy atom. The number of carbonyl (C=O) groups is 1. The Morgan fingerprint density at radius 2 is 1.77 bits per heavy atom. The van der Waals surface area contributed by atoms with Gasteiger partial charge >= 0.3 is 0 Å². The number of hydrogen-bond acceptors (Lipinski definition) is 5. The maximum absolute atomic E-state index is 14.9. The number of carbonyl (C=O) groups excluding carboxylic acids is 1. The quantitative estimate of drug-likeness (QED) is 0.380. The molecule has 5 rings (SSSR count). The van der Waals surface area contributed by atoms with E-state index in [9.17, 15) is 26.4 Å². The Balaban J connectivity index is 1.42. The lowest BCUT2D eigenvalue weighted by molar-refractivity contribution is -0.125. The van der Waals surface area contributed by atoms with Gasteiger partial charge in [-0.3, -0.25) is 9.78 Å². The van der Waals surface area contributed by atoms with Gasteiger partial charge in [0, 0.05) is 12.7 Å². The molecule has 0 radical (unpaired) electrons. The molecule has 2 heterocycles. The van der Waals surface area contributed by atoms with Gasteiger partial charge in [0.05, 0.1) is 28.4 Å². The van der Waals surface area contributed by atoms with Crippen LogP contribution in [0.5, 0.6) is 0 Å². The van der Waals surface area contributed by atoms with Crippen LogP contribution in [0.3, 0.4) is 0 Å². The molecule has 3 aromatic rings. The number of rotatable bonds is 7. The third-order valence-electron chi connectivity index (χ3n) is 7.64. The van der Waals surface area contributed by atoms with E-state index in [2.05, 4.69) is 4.98 Å². The normalized spacial score (nSPS) is 18.1. The lowest BCUT2D eigenvalue weighted by Gasteiger charge is -2.41. The summed E-state index contributed by atoms with van der Waals surface area (Å²) in [4.78, 5) is 18.8. The van der Waals surface area contributed by atoms with Crippen molar-refractivity contribution in [1.82, 2.24) is 9.29 Å². The van der Waals surface area contributed by atoms with Crippen molar-refractivity contribution in [1.29, 1.82) is 5.26 Å². The van der Waals surface area contributed by atoms with E-state index in [0.29, 0.717) is 17.7 Å². The van der Waals surface area contributed by atoms with E-state index in [-0.39, 0.29) is 25.2 Å². The van der Waals surface area contributed by atoms with E-state index in [1.165, 1.54) is 43.5 Å². The predicted octanol–water partition coefficient (Wildman–Crippen LogP) is 5.41. The zero-order valence-corrected chi connectivity index (χ0v) is 22.4. The Hall–Kier alpha value is -3.75. The Morgan fingerprint density at radius 1 is 1.02 bits per heavy atom. The van der Waals surface area contributed by atoms with Crippen LogP contribution in [0.1, 0.15) is 61.3 Å². The molecule has 2 aliphatic rings. The van der Waals surface area contributed by atoms with Crippen molar-refractivity contribution in [3.05, 3.63) is 89.0 Å². The van der Waals surface area contributed by atoms with Crippen LogP contribution in [-0.2, 0) is 21.4 Å². The number of anilines is 1. The predicted molar refractivity (Wildman–Crippen MR) is 141 cm³/mol. The van der Waals surface area contributed by atoms with Crippen LogP contribution < -0.4 is 4.90 Å². The molecule has 1 saturated heterocycles. The molecular formula is C29H27F3N4O3S. The number of benzene rings is 2. The molecule has 2 aromatic carbocycles. The number of pyridine rings is 1. The lowest BCUT2D eigenvalue weighted by Crippen LogP contribution is -2.59. The van der Waals surface area contributed by atoms with Crippen LogP contribution in [0.25, 0.3) is 0 Å². The average molecular weight is 569 g/mol. The second kappa shape index (κ2) is 11.4. The van der Waals surface area contributed by atoms with E-state index < -0.39 is 49.9 Å². The zero-order chi connectivity index (χ0) is 28.4. The van der Waals surface area contributed by atoms with Crippen molar-refractivity contribution >= 4 is 21.6 Å². The number of nitriles is 1. The van der Waals surface area contributed by atoms with Gasteiger partial charge in [-0.05, 0) is 61.1 Å². The number of para-hydroxylation sites is 1. The summed E-state index contributed by atoms with van der Waals surface area (Å²) in [6, 6.07) is 10.9. The summed E-state index contributed by atoms with van der Waals surface area (Å²) in [6.07, 6.45) is 7.69. The highest BCUT2D eigenvalue weighted by molar-refractivity contribution is 7.89. The topological polar surface area (TPSA) is 94.4 Å². The fourth-order valence-electron chi connectivity index (χ4n) is 5.33. The van der Waals surface area contributed by atoms with Crippen LogP contribution in [-0.4, -0.2) is 36.2 Å². The number of amides is 1. The molecule has 1 atom stereocenters. The molecule has 0 spiro atoms. The summed E-state index contributed by atoms with van der Waals surface area (Å²) >= 11 is 0. The molecule has 1 amide bonds. The Bertz CT molecular complexity index is 1570. The van der Waals surface area contributed by atoms with Crippen molar-refractivity contribution in [3.8, 4) is 6.07 Å². The minimum atomic E-state index is -4.47. The lowest BCUT2D eigenvalue weighted by atomic mass is 9.85. The van der Waals surface area contributed by atoms with Crippen molar-refractivity contribution in [2.75, 3.05) is 11.4 Å². The van der Waals surface area contributed by atoms with Crippen LogP contribution in [0.2, 0.25) is 0 Å². The van der Waals surface area contributed by atoms with E-state index in [0.717, 1.165) is 33.7 Å². The molecule has 0 N–H and O–H groups in total. The highest BCUT2D eigenvalue weighted by Crippen LogP contribution is 2.34. The summed E-state index contributed by atoms with van der Waals surface area (Å²) < 4.78 is 70.2. The van der Waals surface area contributed by atoms with Crippen LogP contribution >= 0.6 is 0 Å². The average Bonchev–Trinajstić information content (AvgIpc) is 2.93. The van der Waals surface area contributed by atoms with Gasteiger partial charge in [0.2, 0.25) is 15.9 Å². The monoisotopic (exact) mass is 568 g/mol. The number of halogens is 3. The highest BCUT2D eigenvalue weighted by atomic mass is 32.2. The first-order chi connectivity index (χ1) is 19.2. The van der Waals surface area contributed by atoms with E-state index >= 15 is 0 Å². The first kappa shape index (κ1) is 27.8. The fourth-order valence-corrected chi connectivity index (χ4v) is 7.00.